The highest BCUT2D eigenvalue weighted by Crippen LogP contribution is 2.15. The average molecular weight is 320 g/mol. The molecule has 1 aromatic heterocycles. The number of halogens is 1. The van der Waals surface area contributed by atoms with Crippen LogP contribution < -0.4 is 15.4 Å². The van der Waals surface area contributed by atoms with Gasteiger partial charge < -0.3 is 15.4 Å². The Kier molecular flexibility index (Phi) is 5.61. The van der Waals surface area contributed by atoms with Crippen molar-refractivity contribution < 1.29 is 9.53 Å². The van der Waals surface area contributed by atoms with Gasteiger partial charge in [0.2, 0.25) is 5.88 Å². The molecule has 0 saturated carbocycles. The SMILES string of the molecule is COc1cc(CNC(=O)NC(C)c2ccc(Cl)cc2)ccn1. The summed E-state index contributed by atoms with van der Waals surface area (Å²) in [5.41, 5.74) is 1.91. The van der Waals surface area contributed by atoms with Gasteiger partial charge in [0.25, 0.3) is 0 Å². The predicted octanol–water partition coefficient (Wildman–Crippen LogP) is 3.30. The molecule has 5 nitrogen and oxygen atoms in total. The minimum absolute atomic E-state index is 0.107. The quantitative estimate of drug-likeness (QED) is 0.888. The lowest BCUT2D eigenvalue weighted by molar-refractivity contribution is 0.237. The first-order valence-corrected chi connectivity index (χ1v) is 7.25. The van der Waals surface area contributed by atoms with E-state index >= 15 is 0 Å². The second-order valence-corrected chi connectivity index (χ2v) is 5.24. The minimum atomic E-state index is -0.238. The summed E-state index contributed by atoms with van der Waals surface area (Å²) in [7, 11) is 1.56. The number of urea groups is 1. The van der Waals surface area contributed by atoms with Crippen LogP contribution in [-0.2, 0) is 6.54 Å². The van der Waals surface area contributed by atoms with E-state index < -0.39 is 0 Å². The zero-order valence-electron chi connectivity index (χ0n) is 12.5. The predicted molar refractivity (Wildman–Crippen MR) is 86.0 cm³/mol. The van der Waals surface area contributed by atoms with Crippen LogP contribution >= 0.6 is 11.6 Å². The van der Waals surface area contributed by atoms with Crippen molar-refractivity contribution in [3.63, 3.8) is 0 Å². The summed E-state index contributed by atoms with van der Waals surface area (Å²) in [4.78, 5) is 15.9. The highest BCUT2D eigenvalue weighted by molar-refractivity contribution is 6.30. The zero-order valence-corrected chi connectivity index (χ0v) is 13.2. The van der Waals surface area contributed by atoms with Gasteiger partial charge in [-0.2, -0.15) is 0 Å². The van der Waals surface area contributed by atoms with Crippen molar-refractivity contribution in [2.75, 3.05) is 7.11 Å². The molecule has 2 amide bonds. The largest absolute Gasteiger partial charge is 0.481 e. The number of carbonyl (C=O) groups is 1. The molecule has 22 heavy (non-hydrogen) atoms. The maximum absolute atomic E-state index is 11.9. The van der Waals surface area contributed by atoms with Gasteiger partial charge in [-0.25, -0.2) is 9.78 Å². The van der Waals surface area contributed by atoms with E-state index in [0.29, 0.717) is 17.4 Å². The summed E-state index contributed by atoms with van der Waals surface area (Å²) >= 11 is 5.85. The monoisotopic (exact) mass is 319 g/mol. The molecule has 0 bridgehead atoms. The van der Waals surface area contributed by atoms with Gasteiger partial charge in [-0.3, -0.25) is 0 Å². The Labute approximate surface area is 134 Å². The fourth-order valence-electron chi connectivity index (χ4n) is 1.94. The van der Waals surface area contributed by atoms with E-state index in [1.807, 2.05) is 25.1 Å². The van der Waals surface area contributed by atoms with E-state index in [1.54, 1.807) is 31.5 Å². The van der Waals surface area contributed by atoms with Crippen LogP contribution in [0.5, 0.6) is 5.88 Å². The summed E-state index contributed by atoms with van der Waals surface area (Å²) in [6, 6.07) is 10.6. The van der Waals surface area contributed by atoms with Crippen molar-refractivity contribution in [3.8, 4) is 5.88 Å². The standard InChI is InChI=1S/C16H18ClN3O2/c1-11(13-3-5-14(17)6-4-13)20-16(21)19-10-12-7-8-18-15(9-12)22-2/h3-9,11H,10H2,1-2H3,(H2,19,20,21). The van der Waals surface area contributed by atoms with Gasteiger partial charge in [-0.05, 0) is 36.2 Å². The maximum Gasteiger partial charge on any atom is 0.315 e. The van der Waals surface area contributed by atoms with Crippen LogP contribution in [0, 0.1) is 0 Å². The molecule has 0 fully saturated rings. The van der Waals surface area contributed by atoms with Crippen molar-refractivity contribution in [3.05, 3.63) is 58.7 Å². The number of pyridine rings is 1. The molecule has 0 aliphatic heterocycles. The van der Waals surface area contributed by atoms with Gasteiger partial charge in [0, 0.05) is 23.8 Å². The van der Waals surface area contributed by atoms with Gasteiger partial charge in [0.1, 0.15) is 0 Å². The Bertz CT molecular complexity index is 632. The number of rotatable bonds is 5. The Morgan fingerprint density at radius 2 is 2.05 bits per heavy atom. The Morgan fingerprint density at radius 3 is 2.73 bits per heavy atom. The van der Waals surface area contributed by atoms with Crippen LogP contribution in [-0.4, -0.2) is 18.1 Å². The van der Waals surface area contributed by atoms with Gasteiger partial charge in [-0.15, -0.1) is 0 Å². The molecular formula is C16H18ClN3O2. The van der Waals surface area contributed by atoms with E-state index in [1.165, 1.54) is 0 Å². The fraction of sp³-hybridized carbons (Fsp3) is 0.250. The first-order valence-electron chi connectivity index (χ1n) is 6.87. The normalized spacial score (nSPS) is 11.6. The maximum atomic E-state index is 11.9. The average Bonchev–Trinajstić information content (AvgIpc) is 2.53. The number of aromatic nitrogens is 1. The molecule has 0 radical (unpaired) electrons. The molecule has 0 aliphatic carbocycles. The fourth-order valence-corrected chi connectivity index (χ4v) is 2.06. The molecule has 2 N–H and O–H groups in total. The van der Waals surface area contributed by atoms with E-state index in [2.05, 4.69) is 15.6 Å². The summed E-state index contributed by atoms with van der Waals surface area (Å²) in [5, 5.41) is 6.35. The summed E-state index contributed by atoms with van der Waals surface area (Å²) < 4.78 is 5.04. The summed E-state index contributed by atoms with van der Waals surface area (Å²) in [6.45, 7) is 2.32. The number of hydrogen-bond donors (Lipinski definition) is 2. The lowest BCUT2D eigenvalue weighted by Crippen LogP contribution is -2.36. The van der Waals surface area contributed by atoms with Gasteiger partial charge >= 0.3 is 6.03 Å². The number of nitrogens with zero attached hydrogens (tertiary/aromatic N) is 1. The highest BCUT2D eigenvalue weighted by atomic mass is 35.5. The molecule has 1 aromatic carbocycles. The lowest BCUT2D eigenvalue weighted by atomic mass is 10.1. The van der Waals surface area contributed by atoms with Gasteiger partial charge in [-0.1, -0.05) is 23.7 Å². The third-order valence-corrected chi connectivity index (χ3v) is 3.43. The van der Waals surface area contributed by atoms with E-state index in [0.717, 1.165) is 11.1 Å². The highest BCUT2D eigenvalue weighted by Gasteiger charge is 2.09. The molecule has 1 heterocycles. The zero-order chi connectivity index (χ0) is 15.9. The molecule has 0 spiro atoms. The number of methoxy groups -OCH3 is 1. The number of carbonyl (C=O) groups excluding carboxylic acids is 1. The number of benzene rings is 1. The smallest absolute Gasteiger partial charge is 0.315 e. The van der Waals surface area contributed by atoms with Crippen LogP contribution in [0.3, 0.4) is 0 Å². The number of nitrogens with one attached hydrogen (secondary N) is 2. The van der Waals surface area contributed by atoms with Crippen LogP contribution in [0.15, 0.2) is 42.6 Å². The number of hydrogen-bond acceptors (Lipinski definition) is 3. The van der Waals surface area contributed by atoms with Crippen LogP contribution in [0.4, 0.5) is 4.79 Å². The van der Waals surface area contributed by atoms with Crippen molar-refractivity contribution in [1.82, 2.24) is 15.6 Å². The molecule has 2 aromatic rings. The third kappa shape index (κ3) is 4.63. The number of amides is 2. The Hall–Kier alpha value is -2.27. The third-order valence-electron chi connectivity index (χ3n) is 3.18. The molecule has 1 unspecified atom stereocenters. The molecule has 2 rings (SSSR count). The molecule has 0 saturated heterocycles. The second-order valence-electron chi connectivity index (χ2n) is 4.81. The van der Waals surface area contributed by atoms with Crippen molar-refractivity contribution >= 4 is 17.6 Å². The van der Waals surface area contributed by atoms with E-state index in [-0.39, 0.29) is 12.1 Å². The molecule has 116 valence electrons. The molecular weight excluding hydrogens is 302 g/mol. The lowest BCUT2D eigenvalue weighted by Gasteiger charge is -2.15. The molecule has 6 heteroatoms. The molecule has 0 aliphatic rings. The second kappa shape index (κ2) is 7.66. The van der Waals surface area contributed by atoms with Crippen molar-refractivity contribution in [1.29, 1.82) is 0 Å². The Balaban J connectivity index is 1.85. The van der Waals surface area contributed by atoms with Crippen LogP contribution in [0.2, 0.25) is 5.02 Å². The number of ether oxygens (including phenoxy) is 1. The van der Waals surface area contributed by atoms with Crippen LogP contribution in [0.25, 0.3) is 0 Å². The van der Waals surface area contributed by atoms with Gasteiger partial charge in [0.05, 0.1) is 13.2 Å². The topological polar surface area (TPSA) is 63.2 Å². The van der Waals surface area contributed by atoms with E-state index in [4.69, 9.17) is 16.3 Å². The van der Waals surface area contributed by atoms with Crippen LogP contribution in [0.1, 0.15) is 24.1 Å². The minimum Gasteiger partial charge on any atom is -0.481 e. The van der Waals surface area contributed by atoms with Crippen molar-refractivity contribution in [2.45, 2.75) is 19.5 Å². The van der Waals surface area contributed by atoms with Gasteiger partial charge in [0.15, 0.2) is 0 Å². The Morgan fingerprint density at radius 1 is 1.32 bits per heavy atom. The van der Waals surface area contributed by atoms with Crippen molar-refractivity contribution in [2.24, 2.45) is 0 Å². The first-order chi connectivity index (χ1) is 10.6. The first kappa shape index (κ1) is 16.1. The summed E-state index contributed by atoms with van der Waals surface area (Å²) in [6.07, 6.45) is 1.64. The summed E-state index contributed by atoms with van der Waals surface area (Å²) in [5.74, 6) is 0.522. The van der Waals surface area contributed by atoms with E-state index in [9.17, 15) is 4.79 Å². The molecule has 1 atom stereocenters.